The third-order valence-corrected chi connectivity index (χ3v) is 2.47. The number of hydrogen-bond donors (Lipinski definition) is 2. The molecular weight excluding hydrogens is 170 g/mol. The molecule has 68 valence electrons. The molecule has 1 aromatic heterocycles. The van der Waals surface area contributed by atoms with Gasteiger partial charge in [0.1, 0.15) is 0 Å². The van der Waals surface area contributed by atoms with E-state index in [0.29, 0.717) is 6.54 Å². The summed E-state index contributed by atoms with van der Waals surface area (Å²) < 4.78 is 0. The van der Waals surface area contributed by atoms with Crippen LogP contribution < -0.4 is 11.1 Å². The Bertz CT molecular complexity index is 222. The van der Waals surface area contributed by atoms with Crippen molar-refractivity contribution in [1.82, 2.24) is 10.3 Å². The van der Waals surface area contributed by atoms with Crippen LogP contribution in [0.5, 0.6) is 0 Å². The number of nitrogens with one attached hydrogen (secondary N) is 1. The topological polar surface area (TPSA) is 50.9 Å². The molecule has 0 aliphatic rings. The highest BCUT2D eigenvalue weighted by atomic mass is 32.1. The Morgan fingerprint density at radius 1 is 1.67 bits per heavy atom. The van der Waals surface area contributed by atoms with Crippen LogP contribution in [0.25, 0.3) is 0 Å². The van der Waals surface area contributed by atoms with Crippen molar-refractivity contribution in [2.75, 3.05) is 13.1 Å². The maximum absolute atomic E-state index is 5.42. The van der Waals surface area contributed by atoms with Crippen molar-refractivity contribution in [3.63, 3.8) is 0 Å². The molecule has 0 unspecified atom stereocenters. The highest BCUT2D eigenvalue weighted by Gasteiger charge is 1.99. The van der Waals surface area contributed by atoms with Crippen molar-refractivity contribution >= 4 is 11.3 Å². The van der Waals surface area contributed by atoms with E-state index in [1.54, 1.807) is 11.3 Å². The van der Waals surface area contributed by atoms with Crippen LogP contribution in [0, 0.1) is 0 Å². The Hall–Kier alpha value is -0.450. The zero-order chi connectivity index (χ0) is 8.81. The summed E-state index contributed by atoms with van der Waals surface area (Å²) in [5.41, 5.74) is 6.55. The molecule has 12 heavy (non-hydrogen) atoms. The summed E-state index contributed by atoms with van der Waals surface area (Å²) in [5, 5.41) is 6.47. The van der Waals surface area contributed by atoms with Crippen LogP contribution in [0.1, 0.15) is 17.6 Å². The summed E-state index contributed by atoms with van der Waals surface area (Å²) in [4.78, 5) is 4.41. The largest absolute Gasteiger partial charge is 0.330 e. The second-order valence-corrected chi connectivity index (χ2v) is 3.49. The lowest BCUT2D eigenvalue weighted by atomic mass is 10.4. The van der Waals surface area contributed by atoms with Crippen molar-refractivity contribution < 1.29 is 0 Å². The van der Waals surface area contributed by atoms with Gasteiger partial charge in [-0.05, 0) is 13.1 Å². The summed E-state index contributed by atoms with van der Waals surface area (Å²) in [6.45, 7) is 4.64. The Kier molecular flexibility index (Phi) is 4.21. The molecular formula is C8H15N3S. The van der Waals surface area contributed by atoms with E-state index in [1.165, 1.54) is 0 Å². The molecule has 1 heterocycles. The molecule has 0 aromatic carbocycles. The predicted molar refractivity (Wildman–Crippen MR) is 52.3 cm³/mol. The molecule has 4 heteroatoms. The van der Waals surface area contributed by atoms with Crippen LogP contribution in [0.2, 0.25) is 0 Å². The van der Waals surface area contributed by atoms with Gasteiger partial charge in [0.25, 0.3) is 0 Å². The summed E-state index contributed by atoms with van der Waals surface area (Å²) >= 11 is 1.69. The number of rotatable bonds is 5. The molecule has 0 atom stereocenters. The SMILES string of the molecule is CCNCc1csc(CCN)n1. The monoisotopic (exact) mass is 185 g/mol. The van der Waals surface area contributed by atoms with E-state index in [0.717, 1.165) is 30.2 Å². The normalized spacial score (nSPS) is 10.5. The van der Waals surface area contributed by atoms with E-state index in [4.69, 9.17) is 5.73 Å². The van der Waals surface area contributed by atoms with E-state index in [2.05, 4.69) is 22.6 Å². The number of aromatic nitrogens is 1. The van der Waals surface area contributed by atoms with Gasteiger partial charge in [-0.2, -0.15) is 0 Å². The molecule has 3 nitrogen and oxygen atoms in total. The maximum Gasteiger partial charge on any atom is 0.0941 e. The standard InChI is InChI=1S/C8H15N3S/c1-2-10-5-7-6-12-8(11-7)3-4-9/h6,10H,2-5,9H2,1H3. The molecule has 3 N–H and O–H groups in total. The van der Waals surface area contributed by atoms with Gasteiger partial charge in [0, 0.05) is 18.3 Å². The van der Waals surface area contributed by atoms with Gasteiger partial charge in [0.2, 0.25) is 0 Å². The number of thiazole rings is 1. The molecule has 0 spiro atoms. The van der Waals surface area contributed by atoms with Gasteiger partial charge in [-0.1, -0.05) is 6.92 Å². The van der Waals surface area contributed by atoms with E-state index in [9.17, 15) is 0 Å². The Labute approximate surface area is 77.0 Å². The van der Waals surface area contributed by atoms with Gasteiger partial charge in [-0.15, -0.1) is 11.3 Å². The molecule has 0 saturated heterocycles. The highest BCUT2D eigenvalue weighted by Crippen LogP contribution is 2.09. The molecule has 0 bridgehead atoms. The third kappa shape index (κ3) is 2.89. The number of nitrogens with two attached hydrogens (primary N) is 1. The minimum atomic E-state index is 0.689. The van der Waals surface area contributed by atoms with Gasteiger partial charge in [0.05, 0.1) is 10.7 Å². The highest BCUT2D eigenvalue weighted by molar-refractivity contribution is 7.09. The lowest BCUT2D eigenvalue weighted by Gasteiger charge is -1.95. The van der Waals surface area contributed by atoms with E-state index in [-0.39, 0.29) is 0 Å². The second kappa shape index (κ2) is 5.24. The van der Waals surface area contributed by atoms with Gasteiger partial charge in [-0.3, -0.25) is 0 Å². The first kappa shape index (κ1) is 9.64. The van der Waals surface area contributed by atoms with Crippen LogP contribution >= 0.6 is 11.3 Å². The summed E-state index contributed by atoms with van der Waals surface area (Å²) in [6, 6.07) is 0. The minimum Gasteiger partial charge on any atom is -0.330 e. The first-order chi connectivity index (χ1) is 5.86. The fourth-order valence-electron chi connectivity index (χ4n) is 0.921. The van der Waals surface area contributed by atoms with Crippen LogP contribution in [-0.4, -0.2) is 18.1 Å². The molecule has 1 rings (SSSR count). The van der Waals surface area contributed by atoms with Crippen molar-refractivity contribution in [3.8, 4) is 0 Å². The van der Waals surface area contributed by atoms with Crippen molar-refractivity contribution in [2.45, 2.75) is 19.9 Å². The average molecular weight is 185 g/mol. The van der Waals surface area contributed by atoms with Gasteiger partial charge in [-0.25, -0.2) is 4.98 Å². The fraction of sp³-hybridized carbons (Fsp3) is 0.625. The summed E-state index contributed by atoms with van der Waals surface area (Å²) in [5.74, 6) is 0. The second-order valence-electron chi connectivity index (χ2n) is 2.55. The minimum absolute atomic E-state index is 0.689. The third-order valence-electron chi connectivity index (χ3n) is 1.51. The molecule has 0 fully saturated rings. The Morgan fingerprint density at radius 2 is 2.50 bits per heavy atom. The van der Waals surface area contributed by atoms with Crippen molar-refractivity contribution in [3.05, 3.63) is 16.1 Å². The van der Waals surface area contributed by atoms with E-state index < -0.39 is 0 Å². The van der Waals surface area contributed by atoms with Crippen molar-refractivity contribution in [1.29, 1.82) is 0 Å². The molecule has 0 radical (unpaired) electrons. The van der Waals surface area contributed by atoms with Gasteiger partial charge in [0.15, 0.2) is 0 Å². The van der Waals surface area contributed by atoms with Gasteiger partial charge < -0.3 is 11.1 Å². The average Bonchev–Trinajstić information content (AvgIpc) is 2.50. The number of nitrogens with zero attached hydrogens (tertiary/aromatic N) is 1. The first-order valence-corrected chi connectivity index (χ1v) is 5.08. The van der Waals surface area contributed by atoms with E-state index >= 15 is 0 Å². The Balaban J connectivity index is 2.41. The molecule has 0 aliphatic carbocycles. The Morgan fingerprint density at radius 3 is 3.17 bits per heavy atom. The van der Waals surface area contributed by atoms with Crippen LogP contribution in [0.15, 0.2) is 5.38 Å². The van der Waals surface area contributed by atoms with Gasteiger partial charge >= 0.3 is 0 Å². The quantitative estimate of drug-likeness (QED) is 0.712. The van der Waals surface area contributed by atoms with E-state index in [1.807, 2.05) is 0 Å². The van der Waals surface area contributed by atoms with Crippen LogP contribution in [-0.2, 0) is 13.0 Å². The smallest absolute Gasteiger partial charge is 0.0941 e. The molecule has 1 aromatic rings. The first-order valence-electron chi connectivity index (χ1n) is 4.21. The lowest BCUT2D eigenvalue weighted by Crippen LogP contribution is -2.12. The summed E-state index contributed by atoms with van der Waals surface area (Å²) in [7, 11) is 0. The summed E-state index contributed by atoms with van der Waals surface area (Å²) in [6.07, 6.45) is 0.900. The number of hydrogen-bond acceptors (Lipinski definition) is 4. The predicted octanol–water partition coefficient (Wildman–Crippen LogP) is 0.754. The zero-order valence-corrected chi connectivity index (χ0v) is 8.16. The van der Waals surface area contributed by atoms with Crippen molar-refractivity contribution in [2.24, 2.45) is 5.73 Å². The lowest BCUT2D eigenvalue weighted by molar-refractivity contribution is 0.711. The molecule has 0 aliphatic heterocycles. The van der Waals surface area contributed by atoms with Crippen LogP contribution in [0.3, 0.4) is 0 Å². The maximum atomic E-state index is 5.42. The zero-order valence-electron chi connectivity index (χ0n) is 7.34. The van der Waals surface area contributed by atoms with Crippen LogP contribution in [0.4, 0.5) is 0 Å². The molecule has 0 amide bonds. The molecule has 0 saturated carbocycles. The fourth-order valence-corrected chi connectivity index (χ4v) is 1.74.